The summed E-state index contributed by atoms with van der Waals surface area (Å²) in [5.74, 6) is 0.609. The van der Waals surface area contributed by atoms with Gasteiger partial charge in [0.1, 0.15) is 5.75 Å². The quantitative estimate of drug-likeness (QED) is 0.638. The van der Waals surface area contributed by atoms with Crippen LogP contribution in [0.4, 0.5) is 0 Å². The first-order chi connectivity index (χ1) is 11.2. The van der Waals surface area contributed by atoms with E-state index < -0.39 is 5.97 Å². The van der Waals surface area contributed by atoms with Gasteiger partial charge in [0, 0.05) is 11.1 Å². The molecule has 23 heavy (non-hydrogen) atoms. The molecule has 1 aliphatic heterocycles. The Labute approximate surface area is 135 Å². The van der Waals surface area contributed by atoms with Gasteiger partial charge in [-0.05, 0) is 37.6 Å². The van der Waals surface area contributed by atoms with Crippen molar-refractivity contribution in [2.75, 3.05) is 6.61 Å². The van der Waals surface area contributed by atoms with E-state index >= 15 is 0 Å². The van der Waals surface area contributed by atoms with Crippen LogP contribution < -0.4 is 4.74 Å². The summed E-state index contributed by atoms with van der Waals surface area (Å²) in [7, 11) is 0. The van der Waals surface area contributed by atoms with Crippen LogP contribution in [0, 0.1) is 6.92 Å². The molecule has 0 fully saturated rings. The molecule has 0 aromatic heterocycles. The first kappa shape index (κ1) is 15.0. The van der Waals surface area contributed by atoms with Crippen LogP contribution in [0.15, 0.2) is 59.2 Å². The number of nitrogens with zero attached hydrogens (tertiary/aromatic N) is 1. The van der Waals surface area contributed by atoms with E-state index in [9.17, 15) is 4.79 Å². The molecule has 0 unspecified atom stereocenters. The highest BCUT2D eigenvalue weighted by atomic mass is 16.6. The highest BCUT2D eigenvalue weighted by Gasteiger charge is 2.25. The van der Waals surface area contributed by atoms with Gasteiger partial charge in [-0.2, -0.15) is 0 Å². The molecule has 0 amide bonds. The lowest BCUT2D eigenvalue weighted by molar-refractivity contribution is -0.129. The second kappa shape index (κ2) is 6.48. The molecule has 0 N–H and O–H groups in total. The third-order valence-corrected chi connectivity index (χ3v) is 3.51. The number of rotatable bonds is 4. The van der Waals surface area contributed by atoms with Gasteiger partial charge in [-0.25, -0.2) is 9.79 Å². The number of esters is 1. The highest BCUT2D eigenvalue weighted by Crippen LogP contribution is 2.25. The van der Waals surface area contributed by atoms with Crippen molar-refractivity contribution in [3.8, 4) is 5.75 Å². The molecule has 2 aromatic carbocycles. The molecule has 4 nitrogen and oxygen atoms in total. The second-order valence-electron chi connectivity index (χ2n) is 5.12. The lowest BCUT2D eigenvalue weighted by Crippen LogP contribution is -2.06. The molecule has 1 heterocycles. The minimum absolute atomic E-state index is 0.274. The maximum absolute atomic E-state index is 12.1. The minimum Gasteiger partial charge on any atom is -0.493 e. The largest absolute Gasteiger partial charge is 0.493 e. The Hall–Kier alpha value is -2.88. The fourth-order valence-corrected chi connectivity index (χ4v) is 2.37. The smallest absolute Gasteiger partial charge is 0.363 e. The Kier molecular flexibility index (Phi) is 4.24. The summed E-state index contributed by atoms with van der Waals surface area (Å²) in [5, 5.41) is 0. The van der Waals surface area contributed by atoms with E-state index in [-0.39, 0.29) is 5.70 Å². The van der Waals surface area contributed by atoms with Crippen LogP contribution in [0.2, 0.25) is 0 Å². The number of ether oxygens (including phenoxy) is 2. The van der Waals surface area contributed by atoms with Crippen molar-refractivity contribution in [3.63, 3.8) is 0 Å². The third kappa shape index (κ3) is 3.16. The number of hydrogen-bond acceptors (Lipinski definition) is 4. The Bertz CT molecular complexity index is 806. The maximum Gasteiger partial charge on any atom is 0.363 e. The SMILES string of the molecule is CCOc1ccccc1C=C1N=C(c2ccccc2C)OC1=O. The van der Waals surface area contributed by atoms with Crippen LogP contribution in [-0.2, 0) is 9.53 Å². The molecule has 116 valence electrons. The van der Waals surface area contributed by atoms with E-state index in [0.717, 1.165) is 22.4 Å². The van der Waals surface area contributed by atoms with E-state index in [0.29, 0.717) is 12.5 Å². The van der Waals surface area contributed by atoms with Gasteiger partial charge < -0.3 is 9.47 Å². The molecule has 0 bridgehead atoms. The Balaban J connectivity index is 1.98. The van der Waals surface area contributed by atoms with Crippen LogP contribution in [0.1, 0.15) is 23.6 Å². The number of carbonyl (C=O) groups is 1. The second-order valence-corrected chi connectivity index (χ2v) is 5.12. The molecule has 0 saturated carbocycles. The number of carbonyl (C=O) groups excluding carboxylic acids is 1. The van der Waals surface area contributed by atoms with Gasteiger partial charge >= 0.3 is 5.97 Å². The number of para-hydroxylation sites is 1. The van der Waals surface area contributed by atoms with Crippen LogP contribution in [0.25, 0.3) is 6.08 Å². The molecule has 0 saturated heterocycles. The van der Waals surface area contributed by atoms with Crippen molar-refractivity contribution in [2.45, 2.75) is 13.8 Å². The Morgan fingerprint density at radius 2 is 1.87 bits per heavy atom. The van der Waals surface area contributed by atoms with Crippen molar-refractivity contribution in [3.05, 3.63) is 70.9 Å². The molecule has 4 heteroatoms. The predicted octanol–water partition coefficient (Wildman–Crippen LogP) is 3.74. The first-order valence-corrected chi connectivity index (χ1v) is 7.49. The fraction of sp³-hybridized carbons (Fsp3) is 0.158. The summed E-state index contributed by atoms with van der Waals surface area (Å²) < 4.78 is 10.9. The van der Waals surface area contributed by atoms with Crippen molar-refractivity contribution in [1.82, 2.24) is 0 Å². The molecule has 0 aliphatic carbocycles. The average Bonchev–Trinajstić information content (AvgIpc) is 2.91. The lowest BCUT2D eigenvalue weighted by Gasteiger charge is -2.06. The van der Waals surface area contributed by atoms with Gasteiger partial charge in [0.2, 0.25) is 5.90 Å². The summed E-state index contributed by atoms with van der Waals surface area (Å²) in [6.45, 7) is 4.43. The maximum atomic E-state index is 12.1. The Morgan fingerprint density at radius 3 is 2.65 bits per heavy atom. The van der Waals surface area contributed by atoms with E-state index in [2.05, 4.69) is 4.99 Å². The average molecular weight is 307 g/mol. The monoisotopic (exact) mass is 307 g/mol. The molecule has 3 rings (SSSR count). The summed E-state index contributed by atoms with van der Waals surface area (Å²) in [6, 6.07) is 15.2. The van der Waals surface area contributed by atoms with Gasteiger partial charge in [-0.15, -0.1) is 0 Å². The topological polar surface area (TPSA) is 47.9 Å². The van der Waals surface area contributed by atoms with E-state index in [1.54, 1.807) is 6.08 Å². The number of benzene rings is 2. The first-order valence-electron chi connectivity index (χ1n) is 7.49. The molecule has 0 spiro atoms. The molecular formula is C19H17NO3. The number of aryl methyl sites for hydroxylation is 1. The molecule has 0 radical (unpaired) electrons. The zero-order valence-corrected chi connectivity index (χ0v) is 13.1. The Morgan fingerprint density at radius 1 is 1.13 bits per heavy atom. The van der Waals surface area contributed by atoms with Crippen molar-refractivity contribution in [1.29, 1.82) is 0 Å². The standard InChI is InChI=1S/C19H17NO3/c1-3-22-17-11-7-5-9-14(17)12-16-19(21)23-18(20-16)15-10-6-4-8-13(15)2/h4-12H,3H2,1-2H3. The van der Waals surface area contributed by atoms with Crippen molar-refractivity contribution >= 4 is 17.9 Å². The van der Waals surface area contributed by atoms with Gasteiger partial charge in [0.25, 0.3) is 0 Å². The van der Waals surface area contributed by atoms with Crippen LogP contribution in [0.3, 0.4) is 0 Å². The zero-order chi connectivity index (χ0) is 16.2. The van der Waals surface area contributed by atoms with Crippen LogP contribution in [-0.4, -0.2) is 18.5 Å². The third-order valence-electron chi connectivity index (χ3n) is 3.51. The lowest BCUT2D eigenvalue weighted by atomic mass is 10.1. The van der Waals surface area contributed by atoms with Crippen molar-refractivity contribution in [2.24, 2.45) is 4.99 Å². The van der Waals surface area contributed by atoms with Crippen LogP contribution in [0.5, 0.6) is 5.75 Å². The zero-order valence-electron chi connectivity index (χ0n) is 13.1. The van der Waals surface area contributed by atoms with Gasteiger partial charge in [0.05, 0.1) is 6.61 Å². The number of cyclic esters (lactones) is 1. The minimum atomic E-state index is -0.449. The fourth-order valence-electron chi connectivity index (χ4n) is 2.37. The predicted molar refractivity (Wildman–Crippen MR) is 89.4 cm³/mol. The molecular weight excluding hydrogens is 290 g/mol. The molecule has 2 aromatic rings. The number of aliphatic imine (C=N–C) groups is 1. The van der Waals surface area contributed by atoms with E-state index in [4.69, 9.17) is 9.47 Å². The summed E-state index contributed by atoms with van der Waals surface area (Å²) in [6.07, 6.45) is 1.69. The van der Waals surface area contributed by atoms with Crippen molar-refractivity contribution < 1.29 is 14.3 Å². The normalized spacial score (nSPS) is 15.5. The van der Waals surface area contributed by atoms with E-state index in [1.807, 2.05) is 62.4 Å². The highest BCUT2D eigenvalue weighted by molar-refractivity contribution is 6.13. The summed E-state index contributed by atoms with van der Waals surface area (Å²) in [4.78, 5) is 16.4. The molecule has 1 aliphatic rings. The summed E-state index contributed by atoms with van der Waals surface area (Å²) >= 11 is 0. The van der Waals surface area contributed by atoms with Crippen LogP contribution >= 0.6 is 0 Å². The van der Waals surface area contributed by atoms with E-state index in [1.165, 1.54) is 0 Å². The van der Waals surface area contributed by atoms with Gasteiger partial charge in [-0.3, -0.25) is 0 Å². The summed E-state index contributed by atoms with van der Waals surface area (Å²) in [5.41, 5.74) is 2.91. The van der Waals surface area contributed by atoms with Gasteiger partial charge in [-0.1, -0.05) is 36.4 Å². The van der Waals surface area contributed by atoms with Gasteiger partial charge in [0.15, 0.2) is 5.70 Å². The number of hydrogen-bond donors (Lipinski definition) is 0. The molecule has 0 atom stereocenters.